The lowest BCUT2D eigenvalue weighted by Gasteiger charge is -2.31. The summed E-state index contributed by atoms with van der Waals surface area (Å²) in [6, 6.07) is 0.129. The van der Waals surface area contributed by atoms with E-state index in [4.69, 9.17) is 5.11 Å². The SMILES string of the molecule is O=C(O)CC1CCCN1C(=O)NC1CCC1. The smallest absolute Gasteiger partial charge is 0.317 e. The molecule has 1 saturated carbocycles. The molecule has 5 nitrogen and oxygen atoms in total. The molecule has 1 saturated heterocycles. The average Bonchev–Trinajstić information content (AvgIpc) is 2.58. The van der Waals surface area contributed by atoms with Crippen LogP contribution in [0, 0.1) is 0 Å². The van der Waals surface area contributed by atoms with Crippen molar-refractivity contribution >= 4 is 12.0 Å². The van der Waals surface area contributed by atoms with Crippen LogP contribution in [0.4, 0.5) is 4.79 Å². The first-order valence-corrected chi connectivity index (χ1v) is 5.96. The monoisotopic (exact) mass is 226 g/mol. The molecule has 1 unspecified atom stereocenters. The molecule has 1 heterocycles. The summed E-state index contributed by atoms with van der Waals surface area (Å²) in [5, 5.41) is 11.7. The van der Waals surface area contributed by atoms with Gasteiger partial charge in [-0.05, 0) is 32.1 Å². The highest BCUT2D eigenvalue weighted by Gasteiger charge is 2.32. The summed E-state index contributed by atoms with van der Waals surface area (Å²) in [5.41, 5.74) is 0. The zero-order valence-corrected chi connectivity index (χ0v) is 9.32. The van der Waals surface area contributed by atoms with Crippen LogP contribution in [0.2, 0.25) is 0 Å². The van der Waals surface area contributed by atoms with Crippen LogP contribution in [-0.2, 0) is 4.79 Å². The minimum Gasteiger partial charge on any atom is -0.481 e. The fraction of sp³-hybridized carbons (Fsp3) is 0.818. The molecule has 1 aliphatic heterocycles. The number of nitrogens with one attached hydrogen (secondary N) is 1. The molecule has 0 aromatic rings. The Kier molecular flexibility index (Phi) is 3.31. The molecule has 2 fully saturated rings. The van der Waals surface area contributed by atoms with Crippen LogP contribution < -0.4 is 5.32 Å². The van der Waals surface area contributed by atoms with Crippen molar-refractivity contribution in [2.24, 2.45) is 0 Å². The van der Waals surface area contributed by atoms with E-state index in [0.717, 1.165) is 25.7 Å². The third-order valence-electron chi connectivity index (χ3n) is 3.48. The lowest BCUT2D eigenvalue weighted by Crippen LogP contribution is -2.49. The maximum absolute atomic E-state index is 11.9. The van der Waals surface area contributed by atoms with Gasteiger partial charge in [0.2, 0.25) is 0 Å². The highest BCUT2D eigenvalue weighted by molar-refractivity contribution is 5.76. The number of rotatable bonds is 3. The van der Waals surface area contributed by atoms with Crippen molar-refractivity contribution in [3.05, 3.63) is 0 Å². The van der Waals surface area contributed by atoms with Gasteiger partial charge in [-0.3, -0.25) is 4.79 Å². The van der Waals surface area contributed by atoms with E-state index in [9.17, 15) is 9.59 Å². The summed E-state index contributed by atoms with van der Waals surface area (Å²) in [6.45, 7) is 0.691. The van der Waals surface area contributed by atoms with Gasteiger partial charge in [0.05, 0.1) is 6.42 Å². The molecule has 0 aromatic carbocycles. The lowest BCUT2D eigenvalue weighted by molar-refractivity contribution is -0.137. The average molecular weight is 226 g/mol. The summed E-state index contributed by atoms with van der Waals surface area (Å²) in [7, 11) is 0. The van der Waals surface area contributed by atoms with Crippen molar-refractivity contribution in [2.45, 2.75) is 50.6 Å². The molecule has 5 heteroatoms. The topological polar surface area (TPSA) is 69.6 Å². The first-order valence-electron chi connectivity index (χ1n) is 5.96. The zero-order valence-electron chi connectivity index (χ0n) is 9.32. The van der Waals surface area contributed by atoms with Crippen molar-refractivity contribution in [3.63, 3.8) is 0 Å². The molecule has 16 heavy (non-hydrogen) atoms. The highest BCUT2D eigenvalue weighted by Crippen LogP contribution is 2.22. The number of carbonyl (C=O) groups is 2. The van der Waals surface area contributed by atoms with Gasteiger partial charge >= 0.3 is 12.0 Å². The van der Waals surface area contributed by atoms with Gasteiger partial charge in [-0.15, -0.1) is 0 Å². The molecule has 2 aliphatic rings. The largest absolute Gasteiger partial charge is 0.481 e. The fourth-order valence-electron chi connectivity index (χ4n) is 2.33. The molecule has 0 radical (unpaired) electrons. The van der Waals surface area contributed by atoms with Crippen LogP contribution in [0.25, 0.3) is 0 Å². The zero-order chi connectivity index (χ0) is 11.5. The van der Waals surface area contributed by atoms with Crippen LogP contribution in [0.1, 0.15) is 38.5 Å². The predicted molar refractivity (Wildman–Crippen MR) is 58.2 cm³/mol. The number of nitrogens with zero attached hydrogens (tertiary/aromatic N) is 1. The molecule has 2 amide bonds. The molecule has 2 N–H and O–H groups in total. The van der Waals surface area contributed by atoms with Gasteiger partial charge in [0.25, 0.3) is 0 Å². The van der Waals surface area contributed by atoms with E-state index in [0.29, 0.717) is 12.6 Å². The Morgan fingerprint density at radius 1 is 1.25 bits per heavy atom. The number of aliphatic carboxylic acids is 1. The third-order valence-corrected chi connectivity index (χ3v) is 3.48. The number of hydrogen-bond acceptors (Lipinski definition) is 2. The second kappa shape index (κ2) is 4.72. The Morgan fingerprint density at radius 3 is 2.56 bits per heavy atom. The van der Waals surface area contributed by atoms with E-state index in [2.05, 4.69) is 5.32 Å². The van der Waals surface area contributed by atoms with Gasteiger partial charge < -0.3 is 15.3 Å². The fourth-order valence-corrected chi connectivity index (χ4v) is 2.33. The van der Waals surface area contributed by atoms with E-state index in [-0.39, 0.29) is 18.5 Å². The molecule has 0 bridgehead atoms. The van der Waals surface area contributed by atoms with Crippen molar-refractivity contribution < 1.29 is 14.7 Å². The van der Waals surface area contributed by atoms with E-state index >= 15 is 0 Å². The van der Waals surface area contributed by atoms with E-state index < -0.39 is 5.97 Å². The molecular weight excluding hydrogens is 208 g/mol. The van der Waals surface area contributed by atoms with Gasteiger partial charge in [-0.1, -0.05) is 0 Å². The molecule has 1 aliphatic carbocycles. The molecule has 2 rings (SSSR count). The summed E-state index contributed by atoms with van der Waals surface area (Å²) in [6.07, 6.45) is 5.09. The molecule has 90 valence electrons. The van der Waals surface area contributed by atoms with Crippen molar-refractivity contribution in [1.29, 1.82) is 0 Å². The molecule has 1 atom stereocenters. The second-order valence-corrected chi connectivity index (χ2v) is 4.66. The quantitative estimate of drug-likeness (QED) is 0.759. The van der Waals surface area contributed by atoms with E-state index in [1.807, 2.05) is 0 Å². The summed E-state index contributed by atoms with van der Waals surface area (Å²) >= 11 is 0. The Hall–Kier alpha value is -1.26. The summed E-state index contributed by atoms with van der Waals surface area (Å²) in [4.78, 5) is 24.2. The Morgan fingerprint density at radius 2 is 2.00 bits per heavy atom. The van der Waals surface area contributed by atoms with Crippen LogP contribution >= 0.6 is 0 Å². The summed E-state index contributed by atoms with van der Waals surface area (Å²) < 4.78 is 0. The minimum absolute atomic E-state index is 0.0675. The van der Waals surface area contributed by atoms with Gasteiger partial charge in [0, 0.05) is 18.6 Å². The minimum atomic E-state index is -0.826. The Balaban J connectivity index is 1.85. The van der Waals surface area contributed by atoms with Crippen LogP contribution in [-0.4, -0.2) is 40.6 Å². The standard InChI is InChI=1S/C11H18N2O3/c14-10(15)7-9-5-2-6-13(9)11(16)12-8-3-1-4-8/h8-9H,1-7H2,(H,12,16)(H,14,15). The molecular formula is C11H18N2O3. The normalized spacial score (nSPS) is 25.2. The first kappa shape index (κ1) is 11.2. The predicted octanol–water partition coefficient (Wildman–Crippen LogP) is 1.19. The Labute approximate surface area is 94.8 Å². The van der Waals surface area contributed by atoms with Crippen molar-refractivity contribution in [2.75, 3.05) is 6.54 Å². The number of urea groups is 1. The van der Waals surface area contributed by atoms with Crippen molar-refractivity contribution in [3.8, 4) is 0 Å². The molecule has 0 spiro atoms. The van der Waals surface area contributed by atoms with Crippen LogP contribution in [0.5, 0.6) is 0 Å². The number of carbonyl (C=O) groups excluding carboxylic acids is 1. The number of likely N-dealkylation sites (tertiary alicyclic amines) is 1. The maximum Gasteiger partial charge on any atom is 0.317 e. The molecule has 0 aromatic heterocycles. The maximum atomic E-state index is 11.9. The number of hydrogen-bond donors (Lipinski definition) is 2. The van der Waals surface area contributed by atoms with Gasteiger partial charge in [-0.2, -0.15) is 0 Å². The van der Waals surface area contributed by atoms with Crippen molar-refractivity contribution in [1.82, 2.24) is 10.2 Å². The van der Waals surface area contributed by atoms with Crippen LogP contribution in [0.3, 0.4) is 0 Å². The number of amides is 2. The van der Waals surface area contributed by atoms with Gasteiger partial charge in [0.1, 0.15) is 0 Å². The van der Waals surface area contributed by atoms with E-state index in [1.54, 1.807) is 4.90 Å². The lowest BCUT2D eigenvalue weighted by atomic mass is 9.93. The number of carboxylic acid groups (broad SMARTS) is 1. The summed E-state index contributed by atoms with van der Waals surface area (Å²) in [5.74, 6) is -0.826. The third kappa shape index (κ3) is 2.46. The van der Waals surface area contributed by atoms with E-state index in [1.165, 1.54) is 6.42 Å². The highest BCUT2D eigenvalue weighted by atomic mass is 16.4. The second-order valence-electron chi connectivity index (χ2n) is 4.66. The Bertz CT molecular complexity index is 289. The van der Waals surface area contributed by atoms with Gasteiger partial charge in [-0.25, -0.2) is 4.79 Å². The first-order chi connectivity index (χ1) is 7.66. The number of carboxylic acids is 1. The van der Waals surface area contributed by atoms with Crippen LogP contribution in [0.15, 0.2) is 0 Å². The van der Waals surface area contributed by atoms with Gasteiger partial charge in [0.15, 0.2) is 0 Å².